The van der Waals surface area contributed by atoms with Gasteiger partial charge in [0.2, 0.25) is 5.91 Å². The molecule has 88 valence electrons. The maximum atomic E-state index is 10.6. The molecule has 2 rings (SSSR count). The summed E-state index contributed by atoms with van der Waals surface area (Å²) < 4.78 is 4.28. The Hall–Kier alpha value is -1.89. The van der Waals surface area contributed by atoms with E-state index < -0.39 is 5.97 Å². The van der Waals surface area contributed by atoms with Gasteiger partial charge in [0.15, 0.2) is 0 Å². The van der Waals surface area contributed by atoms with Crippen LogP contribution in [-0.2, 0) is 14.3 Å². The molecule has 0 unspecified atom stereocenters. The monoisotopic (exact) mass is 228 g/mol. The molecule has 16 heavy (non-hydrogen) atoms. The van der Waals surface area contributed by atoms with Crippen LogP contribution >= 0.6 is 0 Å². The van der Waals surface area contributed by atoms with E-state index in [1.807, 2.05) is 0 Å². The molecule has 0 fully saturated rings. The Labute approximate surface area is 91.6 Å². The van der Waals surface area contributed by atoms with Crippen molar-refractivity contribution in [3.05, 3.63) is 11.8 Å². The summed E-state index contributed by atoms with van der Waals surface area (Å²) in [5.41, 5.74) is 0.544. The zero-order chi connectivity index (χ0) is 12.1. The van der Waals surface area contributed by atoms with Gasteiger partial charge in [0.1, 0.15) is 12.4 Å². The standard InChI is InChI=1S/C5H8N2O2.C4H4O3/c1-7-5(9)2-4(3-8)6-7;5-3-1-4(6)7-2-3/h8H,2-3H2,1H3;1,5H,2H2. The second-order valence-electron chi connectivity index (χ2n) is 3.16. The molecule has 2 N–H and O–H groups in total. The summed E-state index contributed by atoms with van der Waals surface area (Å²) in [5, 5.41) is 21.9. The summed E-state index contributed by atoms with van der Waals surface area (Å²) in [6.07, 6.45) is 1.33. The van der Waals surface area contributed by atoms with Crippen molar-refractivity contribution in [1.29, 1.82) is 0 Å². The Balaban J connectivity index is 0.000000165. The molecular weight excluding hydrogens is 216 g/mol. The Morgan fingerprint density at radius 2 is 2.25 bits per heavy atom. The predicted octanol–water partition coefficient (Wildman–Crippen LogP) is -0.818. The lowest BCUT2D eigenvalue weighted by molar-refractivity contribution is -0.135. The normalized spacial score (nSPS) is 18.8. The van der Waals surface area contributed by atoms with Crippen LogP contribution in [0.25, 0.3) is 0 Å². The number of hydrogen-bond donors (Lipinski definition) is 2. The molecule has 0 aromatic heterocycles. The average Bonchev–Trinajstić information content (AvgIpc) is 2.75. The van der Waals surface area contributed by atoms with Gasteiger partial charge in [-0.05, 0) is 0 Å². The van der Waals surface area contributed by atoms with E-state index in [2.05, 4.69) is 9.84 Å². The highest BCUT2D eigenvalue weighted by atomic mass is 16.5. The van der Waals surface area contributed by atoms with E-state index in [0.717, 1.165) is 6.08 Å². The number of hydrazone groups is 1. The Kier molecular flexibility index (Phi) is 4.01. The van der Waals surface area contributed by atoms with Gasteiger partial charge in [-0.1, -0.05) is 0 Å². The first kappa shape index (κ1) is 12.2. The number of aliphatic hydroxyl groups is 2. The largest absolute Gasteiger partial charge is 0.508 e. The highest BCUT2D eigenvalue weighted by Gasteiger charge is 2.18. The third-order valence-corrected chi connectivity index (χ3v) is 1.84. The minimum absolute atomic E-state index is 0.00463. The van der Waals surface area contributed by atoms with Crippen LogP contribution in [0.15, 0.2) is 16.9 Å². The van der Waals surface area contributed by atoms with Crippen LogP contribution in [0.5, 0.6) is 0 Å². The summed E-state index contributed by atoms with van der Waals surface area (Å²) in [7, 11) is 1.57. The maximum absolute atomic E-state index is 10.6. The van der Waals surface area contributed by atoms with E-state index in [4.69, 9.17) is 10.2 Å². The van der Waals surface area contributed by atoms with E-state index >= 15 is 0 Å². The highest BCUT2D eigenvalue weighted by molar-refractivity contribution is 6.05. The fourth-order valence-electron chi connectivity index (χ4n) is 1.04. The second kappa shape index (κ2) is 5.26. The van der Waals surface area contributed by atoms with Gasteiger partial charge >= 0.3 is 5.97 Å². The van der Waals surface area contributed by atoms with Gasteiger partial charge in [-0.2, -0.15) is 5.10 Å². The van der Waals surface area contributed by atoms with E-state index in [1.54, 1.807) is 7.05 Å². The molecule has 0 aliphatic carbocycles. The SMILES string of the molecule is CN1N=C(CO)CC1=O.O=C1C=C(O)CO1. The number of nitrogens with zero attached hydrogens (tertiary/aromatic N) is 2. The number of amides is 1. The fourth-order valence-corrected chi connectivity index (χ4v) is 1.04. The number of hydrogen-bond acceptors (Lipinski definition) is 6. The van der Waals surface area contributed by atoms with Crippen molar-refractivity contribution >= 4 is 17.6 Å². The minimum Gasteiger partial charge on any atom is -0.508 e. The van der Waals surface area contributed by atoms with Gasteiger partial charge in [-0.15, -0.1) is 0 Å². The smallest absolute Gasteiger partial charge is 0.334 e. The molecule has 7 heteroatoms. The van der Waals surface area contributed by atoms with Gasteiger partial charge in [0, 0.05) is 7.05 Å². The van der Waals surface area contributed by atoms with Crippen LogP contribution < -0.4 is 0 Å². The lowest BCUT2D eigenvalue weighted by atomic mass is 10.3. The Bertz CT molecular complexity index is 361. The second-order valence-corrected chi connectivity index (χ2v) is 3.16. The molecule has 0 saturated carbocycles. The number of aliphatic hydroxyl groups excluding tert-OH is 2. The lowest BCUT2D eigenvalue weighted by Crippen LogP contribution is -2.14. The van der Waals surface area contributed by atoms with Gasteiger partial charge in [-0.3, -0.25) is 4.79 Å². The van der Waals surface area contributed by atoms with Gasteiger partial charge in [-0.25, -0.2) is 9.80 Å². The third kappa shape index (κ3) is 3.35. The lowest BCUT2D eigenvalue weighted by Gasteiger charge is -1.98. The van der Waals surface area contributed by atoms with Crippen molar-refractivity contribution in [1.82, 2.24) is 5.01 Å². The van der Waals surface area contributed by atoms with Crippen LogP contribution in [-0.4, -0.2) is 53.1 Å². The molecular formula is C9H12N2O5. The minimum atomic E-state index is -0.461. The first-order valence-electron chi connectivity index (χ1n) is 4.53. The van der Waals surface area contributed by atoms with Crippen molar-refractivity contribution in [3.63, 3.8) is 0 Å². The molecule has 0 bridgehead atoms. The Morgan fingerprint density at radius 3 is 2.44 bits per heavy atom. The van der Waals surface area contributed by atoms with Crippen LogP contribution in [0.1, 0.15) is 6.42 Å². The number of carbonyl (C=O) groups excluding carboxylic acids is 2. The molecule has 0 atom stereocenters. The Morgan fingerprint density at radius 1 is 1.56 bits per heavy atom. The van der Waals surface area contributed by atoms with Crippen LogP contribution in [0.4, 0.5) is 0 Å². The van der Waals surface area contributed by atoms with E-state index in [9.17, 15) is 9.59 Å². The molecule has 7 nitrogen and oxygen atoms in total. The first-order valence-corrected chi connectivity index (χ1v) is 4.53. The number of carbonyl (C=O) groups is 2. The zero-order valence-corrected chi connectivity index (χ0v) is 8.71. The van der Waals surface area contributed by atoms with Crippen LogP contribution in [0.2, 0.25) is 0 Å². The van der Waals surface area contributed by atoms with Crippen molar-refractivity contribution < 1.29 is 24.5 Å². The maximum Gasteiger partial charge on any atom is 0.334 e. The molecule has 0 saturated heterocycles. The van der Waals surface area contributed by atoms with Crippen molar-refractivity contribution in [3.8, 4) is 0 Å². The molecule has 2 aliphatic rings. The van der Waals surface area contributed by atoms with Crippen molar-refractivity contribution in [2.24, 2.45) is 5.10 Å². The first-order chi connectivity index (χ1) is 7.52. The summed E-state index contributed by atoms with van der Waals surface area (Å²) in [6, 6.07) is 0. The van der Waals surface area contributed by atoms with Gasteiger partial charge in [0.05, 0.1) is 24.8 Å². The van der Waals surface area contributed by atoms with Gasteiger partial charge in [0.25, 0.3) is 0 Å². The van der Waals surface area contributed by atoms with Crippen LogP contribution in [0.3, 0.4) is 0 Å². The quantitative estimate of drug-likeness (QED) is 0.571. The highest BCUT2D eigenvalue weighted by Crippen LogP contribution is 2.03. The predicted molar refractivity (Wildman–Crippen MR) is 53.6 cm³/mol. The van der Waals surface area contributed by atoms with Gasteiger partial charge < -0.3 is 14.9 Å². The summed E-state index contributed by atoms with van der Waals surface area (Å²) in [5.74, 6) is -0.512. The van der Waals surface area contributed by atoms with Crippen LogP contribution in [0, 0.1) is 0 Å². The van der Waals surface area contributed by atoms with Crippen molar-refractivity contribution in [2.75, 3.05) is 20.3 Å². The summed E-state index contributed by atoms with van der Waals surface area (Å²) >= 11 is 0. The molecule has 0 aromatic rings. The van der Waals surface area contributed by atoms with E-state index in [0.29, 0.717) is 5.71 Å². The zero-order valence-electron chi connectivity index (χ0n) is 8.71. The fraction of sp³-hybridized carbons (Fsp3) is 0.444. The van der Waals surface area contributed by atoms with E-state index in [1.165, 1.54) is 5.01 Å². The van der Waals surface area contributed by atoms with E-state index in [-0.39, 0.29) is 31.3 Å². The average molecular weight is 228 g/mol. The number of cyclic esters (lactones) is 1. The molecule has 2 heterocycles. The molecule has 2 aliphatic heterocycles. The topological polar surface area (TPSA) is 99.4 Å². The number of esters is 1. The summed E-state index contributed by atoms with van der Waals surface area (Å²) in [6.45, 7) is -0.0745. The number of ether oxygens (including phenoxy) is 1. The molecule has 0 radical (unpaired) electrons. The van der Waals surface area contributed by atoms with Crippen molar-refractivity contribution in [2.45, 2.75) is 6.42 Å². The number of rotatable bonds is 1. The molecule has 0 spiro atoms. The third-order valence-electron chi connectivity index (χ3n) is 1.84. The molecule has 0 aromatic carbocycles. The molecule has 1 amide bonds. The summed E-state index contributed by atoms with van der Waals surface area (Å²) in [4.78, 5) is 20.6.